The molecule has 0 radical (unpaired) electrons. The van der Waals surface area contributed by atoms with Crippen LogP contribution in [0.1, 0.15) is 18.4 Å². The highest BCUT2D eigenvalue weighted by Crippen LogP contribution is 2.29. The van der Waals surface area contributed by atoms with E-state index in [1.54, 1.807) is 18.4 Å². The third-order valence-corrected chi connectivity index (χ3v) is 5.10. The quantitative estimate of drug-likeness (QED) is 0.940. The minimum atomic E-state index is 0.602. The van der Waals surface area contributed by atoms with E-state index in [0.717, 1.165) is 30.9 Å². The van der Waals surface area contributed by atoms with Gasteiger partial charge in [0.25, 0.3) is 0 Å². The van der Waals surface area contributed by atoms with E-state index in [0.29, 0.717) is 12.0 Å². The molecule has 20 heavy (non-hydrogen) atoms. The molecule has 1 aliphatic heterocycles. The van der Waals surface area contributed by atoms with Crippen molar-refractivity contribution in [2.24, 2.45) is 11.7 Å². The normalized spacial score (nSPS) is 23.6. The molecule has 5 heteroatoms. The zero-order valence-electron chi connectivity index (χ0n) is 12.0. The Morgan fingerprint density at radius 3 is 3.05 bits per heavy atom. The highest BCUT2D eigenvalue weighted by Gasteiger charge is 2.28. The number of benzene rings is 1. The van der Waals surface area contributed by atoms with E-state index < -0.39 is 0 Å². The zero-order valence-corrected chi connectivity index (χ0v) is 12.8. The minimum absolute atomic E-state index is 0.602. The van der Waals surface area contributed by atoms with Crippen molar-refractivity contribution in [1.82, 2.24) is 9.88 Å². The number of aromatic nitrogens is 1. The molecule has 1 aromatic carbocycles. The van der Waals surface area contributed by atoms with E-state index in [1.807, 2.05) is 12.1 Å². The molecule has 0 saturated carbocycles. The van der Waals surface area contributed by atoms with Gasteiger partial charge in [-0.05, 0) is 44.0 Å². The van der Waals surface area contributed by atoms with Gasteiger partial charge in [0.2, 0.25) is 0 Å². The summed E-state index contributed by atoms with van der Waals surface area (Å²) < 4.78 is 6.46. The summed E-state index contributed by atoms with van der Waals surface area (Å²) in [6, 6.07) is 6.66. The van der Waals surface area contributed by atoms with Crippen molar-refractivity contribution in [2.75, 3.05) is 20.2 Å². The predicted octanol–water partition coefficient (Wildman–Crippen LogP) is 2.47. The van der Waals surface area contributed by atoms with Crippen molar-refractivity contribution in [2.45, 2.75) is 25.9 Å². The number of nitrogens with two attached hydrogens (primary N) is 1. The summed E-state index contributed by atoms with van der Waals surface area (Å²) in [6.45, 7) is 5.10. The summed E-state index contributed by atoms with van der Waals surface area (Å²) in [4.78, 5) is 7.22. The third-order valence-electron chi connectivity index (χ3n) is 4.10. The zero-order chi connectivity index (χ0) is 14.1. The number of hydrogen-bond donors (Lipinski definition) is 1. The molecule has 108 valence electrons. The van der Waals surface area contributed by atoms with Crippen LogP contribution >= 0.6 is 11.3 Å². The van der Waals surface area contributed by atoms with Crippen LogP contribution in [-0.2, 0) is 6.54 Å². The van der Waals surface area contributed by atoms with E-state index in [4.69, 9.17) is 15.5 Å². The number of ether oxygens (including phenoxy) is 1. The van der Waals surface area contributed by atoms with E-state index in [2.05, 4.69) is 17.9 Å². The van der Waals surface area contributed by atoms with Gasteiger partial charge in [-0.1, -0.05) is 0 Å². The van der Waals surface area contributed by atoms with Crippen LogP contribution < -0.4 is 10.5 Å². The maximum Gasteiger partial charge on any atom is 0.120 e. The van der Waals surface area contributed by atoms with Gasteiger partial charge in [-0.3, -0.25) is 4.90 Å². The monoisotopic (exact) mass is 291 g/mol. The van der Waals surface area contributed by atoms with Gasteiger partial charge in [-0.15, -0.1) is 11.3 Å². The molecule has 3 rings (SSSR count). The number of nitrogens with zero attached hydrogens (tertiary/aromatic N) is 2. The lowest BCUT2D eigenvalue weighted by atomic mass is 10.1. The highest BCUT2D eigenvalue weighted by atomic mass is 32.1. The van der Waals surface area contributed by atoms with Crippen LogP contribution in [0.25, 0.3) is 10.2 Å². The van der Waals surface area contributed by atoms with Crippen LogP contribution in [0.4, 0.5) is 0 Å². The molecule has 1 fully saturated rings. The number of methoxy groups -OCH3 is 1. The Bertz CT molecular complexity index is 598. The van der Waals surface area contributed by atoms with Crippen molar-refractivity contribution < 1.29 is 4.74 Å². The SMILES string of the molecule is COc1ccc2nc(CN3CC(CN)CC3C)sc2c1. The lowest BCUT2D eigenvalue weighted by Crippen LogP contribution is -2.27. The van der Waals surface area contributed by atoms with Crippen LogP contribution in [0.3, 0.4) is 0 Å². The number of likely N-dealkylation sites (tertiary alicyclic amines) is 1. The van der Waals surface area contributed by atoms with E-state index >= 15 is 0 Å². The Morgan fingerprint density at radius 2 is 2.35 bits per heavy atom. The van der Waals surface area contributed by atoms with Gasteiger partial charge >= 0.3 is 0 Å². The molecule has 0 aliphatic carbocycles. The first-order chi connectivity index (χ1) is 9.69. The first kappa shape index (κ1) is 13.8. The maximum atomic E-state index is 5.79. The molecular formula is C15H21N3OS. The molecule has 0 bridgehead atoms. The summed E-state index contributed by atoms with van der Waals surface area (Å²) in [7, 11) is 1.70. The van der Waals surface area contributed by atoms with Gasteiger partial charge in [0.15, 0.2) is 0 Å². The van der Waals surface area contributed by atoms with Crippen molar-refractivity contribution in [1.29, 1.82) is 0 Å². The maximum absolute atomic E-state index is 5.79. The van der Waals surface area contributed by atoms with Crippen LogP contribution in [0, 0.1) is 5.92 Å². The Hall–Kier alpha value is -1.17. The predicted molar refractivity (Wildman–Crippen MR) is 83.2 cm³/mol. The van der Waals surface area contributed by atoms with Crippen LogP contribution in [-0.4, -0.2) is 36.1 Å². The average Bonchev–Trinajstić information content (AvgIpc) is 3.01. The van der Waals surface area contributed by atoms with Crippen molar-refractivity contribution >= 4 is 21.6 Å². The number of hydrogen-bond acceptors (Lipinski definition) is 5. The first-order valence-corrected chi connectivity index (χ1v) is 7.89. The largest absolute Gasteiger partial charge is 0.497 e. The van der Waals surface area contributed by atoms with Gasteiger partial charge in [0, 0.05) is 12.6 Å². The van der Waals surface area contributed by atoms with Gasteiger partial charge in [-0.2, -0.15) is 0 Å². The molecule has 1 aromatic heterocycles. The Kier molecular flexibility index (Phi) is 3.92. The summed E-state index contributed by atoms with van der Waals surface area (Å²) in [5.74, 6) is 1.53. The molecule has 2 N–H and O–H groups in total. The Morgan fingerprint density at radius 1 is 1.50 bits per heavy atom. The van der Waals surface area contributed by atoms with Gasteiger partial charge in [-0.25, -0.2) is 4.98 Å². The molecule has 2 heterocycles. The second kappa shape index (κ2) is 5.68. The third kappa shape index (κ3) is 2.66. The number of thiazole rings is 1. The van der Waals surface area contributed by atoms with Crippen molar-refractivity contribution in [3.05, 3.63) is 23.2 Å². The highest BCUT2D eigenvalue weighted by molar-refractivity contribution is 7.18. The summed E-state index contributed by atoms with van der Waals surface area (Å²) in [5.41, 5.74) is 6.85. The lowest BCUT2D eigenvalue weighted by molar-refractivity contribution is 0.255. The Balaban J connectivity index is 1.77. The van der Waals surface area contributed by atoms with E-state index in [-0.39, 0.29) is 0 Å². The summed E-state index contributed by atoms with van der Waals surface area (Å²) >= 11 is 1.76. The van der Waals surface area contributed by atoms with Gasteiger partial charge in [0.05, 0.1) is 23.9 Å². The fourth-order valence-electron chi connectivity index (χ4n) is 2.93. The molecule has 2 atom stereocenters. The topological polar surface area (TPSA) is 51.4 Å². The summed E-state index contributed by atoms with van der Waals surface area (Å²) in [5, 5.41) is 1.18. The van der Waals surface area contributed by atoms with Gasteiger partial charge in [0.1, 0.15) is 10.8 Å². The second-order valence-electron chi connectivity index (χ2n) is 5.56. The van der Waals surface area contributed by atoms with Gasteiger partial charge < -0.3 is 10.5 Å². The minimum Gasteiger partial charge on any atom is -0.497 e. The fourth-order valence-corrected chi connectivity index (χ4v) is 3.95. The molecule has 2 unspecified atom stereocenters. The molecule has 1 saturated heterocycles. The number of fused-ring (bicyclic) bond motifs is 1. The Labute approximate surface area is 123 Å². The second-order valence-corrected chi connectivity index (χ2v) is 6.67. The molecule has 0 spiro atoms. The standard InChI is InChI=1S/C15H21N3OS/c1-10-5-11(7-16)8-18(10)9-15-17-13-4-3-12(19-2)6-14(13)20-15/h3-4,6,10-11H,5,7-9,16H2,1-2H3. The lowest BCUT2D eigenvalue weighted by Gasteiger charge is -2.19. The smallest absolute Gasteiger partial charge is 0.120 e. The first-order valence-electron chi connectivity index (χ1n) is 7.07. The summed E-state index contributed by atoms with van der Waals surface area (Å²) in [6.07, 6.45) is 1.20. The fraction of sp³-hybridized carbons (Fsp3) is 0.533. The van der Waals surface area contributed by atoms with Crippen LogP contribution in [0.2, 0.25) is 0 Å². The van der Waals surface area contributed by atoms with Crippen LogP contribution in [0.5, 0.6) is 5.75 Å². The molecule has 1 aliphatic rings. The van der Waals surface area contributed by atoms with E-state index in [9.17, 15) is 0 Å². The van der Waals surface area contributed by atoms with Crippen molar-refractivity contribution in [3.8, 4) is 5.75 Å². The molecule has 0 amide bonds. The average molecular weight is 291 g/mol. The van der Waals surface area contributed by atoms with Crippen LogP contribution in [0.15, 0.2) is 18.2 Å². The van der Waals surface area contributed by atoms with E-state index in [1.165, 1.54) is 16.1 Å². The molecular weight excluding hydrogens is 270 g/mol. The van der Waals surface area contributed by atoms with Crippen molar-refractivity contribution in [3.63, 3.8) is 0 Å². The molecule has 2 aromatic rings. The molecule has 4 nitrogen and oxygen atoms in total. The number of rotatable bonds is 4.